The molecule has 0 saturated carbocycles. The van der Waals surface area contributed by atoms with Gasteiger partial charge in [-0.3, -0.25) is 9.69 Å². The fraction of sp³-hybridized carbons (Fsp3) is 0.556. The Kier molecular flexibility index (Phi) is 6.59. The molecule has 1 saturated heterocycles. The lowest BCUT2D eigenvalue weighted by Crippen LogP contribution is -2.53. The van der Waals surface area contributed by atoms with E-state index in [1.165, 1.54) is 5.56 Å². The number of likely N-dealkylation sites (tertiary alicyclic amines) is 1. The fourth-order valence-corrected chi connectivity index (χ4v) is 3.11. The minimum atomic E-state index is -0.953. The van der Waals surface area contributed by atoms with Gasteiger partial charge in [0, 0.05) is 6.54 Å². The number of carboxylic acid groups (broad SMARTS) is 1. The molecule has 0 aliphatic carbocycles. The van der Waals surface area contributed by atoms with E-state index >= 15 is 0 Å². The Morgan fingerprint density at radius 1 is 1.30 bits per heavy atom. The highest BCUT2D eigenvalue weighted by Crippen LogP contribution is 2.20. The molecule has 1 fully saturated rings. The first-order valence-electron chi connectivity index (χ1n) is 8.43. The summed E-state index contributed by atoms with van der Waals surface area (Å²) in [7, 11) is 0. The number of nitrogens with one attached hydrogen (secondary N) is 1. The van der Waals surface area contributed by atoms with Crippen LogP contribution in [0.4, 0.5) is 0 Å². The van der Waals surface area contributed by atoms with Crippen molar-refractivity contribution in [2.45, 2.75) is 57.7 Å². The number of rotatable bonds is 7. The lowest BCUT2D eigenvalue weighted by molar-refractivity contribution is -0.143. The number of hydrogen-bond donors (Lipinski definition) is 2. The van der Waals surface area contributed by atoms with Crippen LogP contribution in [0.25, 0.3) is 0 Å². The molecular formula is C18H26N2O3. The van der Waals surface area contributed by atoms with Gasteiger partial charge in [-0.15, -0.1) is 0 Å². The van der Waals surface area contributed by atoms with Crippen molar-refractivity contribution in [3.63, 3.8) is 0 Å². The topological polar surface area (TPSA) is 69.6 Å². The average molecular weight is 318 g/mol. The highest BCUT2D eigenvalue weighted by Gasteiger charge is 2.31. The molecule has 0 spiro atoms. The van der Waals surface area contributed by atoms with Gasteiger partial charge in [0.2, 0.25) is 5.91 Å². The minimum absolute atomic E-state index is 0.151. The summed E-state index contributed by atoms with van der Waals surface area (Å²) in [6.07, 6.45) is 4.07. The number of benzene rings is 1. The van der Waals surface area contributed by atoms with Crippen LogP contribution in [-0.2, 0) is 16.1 Å². The van der Waals surface area contributed by atoms with Crippen molar-refractivity contribution in [1.82, 2.24) is 10.2 Å². The second-order valence-corrected chi connectivity index (χ2v) is 6.16. The SMILES string of the molecule is CCCC(NC(=O)C1CCCCN1Cc1ccccc1)C(=O)O. The van der Waals surface area contributed by atoms with Gasteiger partial charge >= 0.3 is 5.97 Å². The number of hydrogen-bond acceptors (Lipinski definition) is 3. The molecule has 1 heterocycles. The molecule has 2 N–H and O–H groups in total. The van der Waals surface area contributed by atoms with Crippen molar-refractivity contribution < 1.29 is 14.7 Å². The largest absolute Gasteiger partial charge is 0.480 e. The van der Waals surface area contributed by atoms with Crippen LogP contribution >= 0.6 is 0 Å². The molecule has 2 atom stereocenters. The Labute approximate surface area is 137 Å². The van der Waals surface area contributed by atoms with E-state index in [9.17, 15) is 14.7 Å². The number of carbonyl (C=O) groups is 2. The predicted octanol–water partition coefficient (Wildman–Crippen LogP) is 2.41. The van der Waals surface area contributed by atoms with Crippen LogP contribution in [0.15, 0.2) is 30.3 Å². The van der Waals surface area contributed by atoms with Crippen molar-refractivity contribution in [3.8, 4) is 0 Å². The van der Waals surface area contributed by atoms with E-state index in [-0.39, 0.29) is 11.9 Å². The molecule has 2 rings (SSSR count). The number of carboxylic acids is 1. The lowest BCUT2D eigenvalue weighted by atomic mass is 9.99. The first-order chi connectivity index (χ1) is 11.1. The Bertz CT molecular complexity index is 518. The van der Waals surface area contributed by atoms with E-state index < -0.39 is 12.0 Å². The lowest BCUT2D eigenvalue weighted by Gasteiger charge is -2.35. The molecule has 23 heavy (non-hydrogen) atoms. The number of carbonyl (C=O) groups excluding carboxylic acids is 1. The van der Waals surface area contributed by atoms with Crippen LogP contribution in [-0.4, -0.2) is 40.5 Å². The fourth-order valence-electron chi connectivity index (χ4n) is 3.11. The molecule has 126 valence electrons. The zero-order valence-electron chi connectivity index (χ0n) is 13.7. The molecule has 1 amide bonds. The van der Waals surface area contributed by atoms with Crippen molar-refractivity contribution in [2.24, 2.45) is 0 Å². The van der Waals surface area contributed by atoms with Crippen LogP contribution in [0.3, 0.4) is 0 Å². The third-order valence-corrected chi connectivity index (χ3v) is 4.34. The summed E-state index contributed by atoms with van der Waals surface area (Å²) in [5.41, 5.74) is 1.18. The van der Waals surface area contributed by atoms with Gasteiger partial charge in [0.1, 0.15) is 6.04 Å². The third kappa shape index (κ3) is 5.06. The van der Waals surface area contributed by atoms with Gasteiger partial charge in [-0.1, -0.05) is 50.1 Å². The Hall–Kier alpha value is -1.88. The predicted molar refractivity (Wildman–Crippen MR) is 89.0 cm³/mol. The maximum atomic E-state index is 12.6. The zero-order valence-corrected chi connectivity index (χ0v) is 13.7. The quantitative estimate of drug-likeness (QED) is 0.810. The summed E-state index contributed by atoms with van der Waals surface area (Å²) in [6, 6.07) is 9.07. The molecule has 5 heteroatoms. The summed E-state index contributed by atoms with van der Waals surface area (Å²) in [5, 5.41) is 11.9. The zero-order chi connectivity index (χ0) is 16.7. The summed E-state index contributed by atoms with van der Waals surface area (Å²) < 4.78 is 0. The van der Waals surface area contributed by atoms with Gasteiger partial charge in [0.05, 0.1) is 6.04 Å². The maximum Gasteiger partial charge on any atom is 0.326 e. The van der Waals surface area contributed by atoms with Crippen LogP contribution in [0.2, 0.25) is 0 Å². The molecular weight excluding hydrogens is 292 g/mol. The van der Waals surface area contributed by atoms with Crippen LogP contribution in [0, 0.1) is 0 Å². The van der Waals surface area contributed by atoms with Crippen LogP contribution in [0.5, 0.6) is 0 Å². The highest BCUT2D eigenvalue weighted by atomic mass is 16.4. The van der Waals surface area contributed by atoms with E-state index in [0.717, 1.165) is 38.8 Å². The Morgan fingerprint density at radius 2 is 2.04 bits per heavy atom. The minimum Gasteiger partial charge on any atom is -0.480 e. The highest BCUT2D eigenvalue weighted by molar-refractivity contribution is 5.87. The molecule has 5 nitrogen and oxygen atoms in total. The maximum absolute atomic E-state index is 12.6. The van der Waals surface area contributed by atoms with Gasteiger partial charge in [-0.05, 0) is 31.4 Å². The molecule has 1 aliphatic heterocycles. The number of nitrogens with zero attached hydrogens (tertiary/aromatic N) is 1. The van der Waals surface area contributed by atoms with Crippen LogP contribution < -0.4 is 5.32 Å². The second kappa shape index (κ2) is 8.67. The smallest absolute Gasteiger partial charge is 0.326 e. The van der Waals surface area contributed by atoms with Gasteiger partial charge in [-0.25, -0.2) is 4.79 Å². The Balaban J connectivity index is 2.02. The molecule has 0 aromatic heterocycles. The van der Waals surface area contributed by atoms with Gasteiger partial charge in [0.25, 0.3) is 0 Å². The number of amides is 1. The van der Waals surface area contributed by atoms with Crippen molar-refractivity contribution in [1.29, 1.82) is 0 Å². The molecule has 0 bridgehead atoms. The van der Waals surface area contributed by atoms with Crippen LogP contribution in [0.1, 0.15) is 44.6 Å². The normalized spacial score (nSPS) is 20.0. The van der Waals surface area contributed by atoms with Gasteiger partial charge in [-0.2, -0.15) is 0 Å². The van der Waals surface area contributed by atoms with E-state index in [1.54, 1.807) is 0 Å². The van der Waals surface area contributed by atoms with Crippen molar-refractivity contribution in [3.05, 3.63) is 35.9 Å². The summed E-state index contributed by atoms with van der Waals surface area (Å²) in [6.45, 7) is 3.52. The van der Waals surface area contributed by atoms with E-state index in [0.29, 0.717) is 6.42 Å². The number of piperidine rings is 1. The Morgan fingerprint density at radius 3 is 2.70 bits per heavy atom. The molecule has 0 radical (unpaired) electrons. The van der Waals surface area contributed by atoms with E-state index in [2.05, 4.69) is 22.3 Å². The molecule has 2 unspecified atom stereocenters. The number of aliphatic carboxylic acids is 1. The molecule has 1 aromatic carbocycles. The average Bonchev–Trinajstić information content (AvgIpc) is 2.55. The first kappa shape index (κ1) is 17.5. The third-order valence-electron chi connectivity index (χ3n) is 4.34. The van der Waals surface area contributed by atoms with E-state index in [4.69, 9.17) is 0 Å². The van der Waals surface area contributed by atoms with Gasteiger partial charge in [0.15, 0.2) is 0 Å². The first-order valence-corrected chi connectivity index (χ1v) is 8.43. The van der Waals surface area contributed by atoms with E-state index in [1.807, 2.05) is 25.1 Å². The molecule has 1 aliphatic rings. The van der Waals surface area contributed by atoms with Crippen molar-refractivity contribution in [2.75, 3.05) is 6.54 Å². The second-order valence-electron chi connectivity index (χ2n) is 6.16. The summed E-state index contributed by atoms with van der Waals surface area (Å²) in [4.78, 5) is 26.0. The monoisotopic (exact) mass is 318 g/mol. The summed E-state index contributed by atoms with van der Waals surface area (Å²) in [5.74, 6) is -1.10. The van der Waals surface area contributed by atoms with Gasteiger partial charge < -0.3 is 10.4 Å². The molecule has 1 aromatic rings. The van der Waals surface area contributed by atoms with Crippen molar-refractivity contribution >= 4 is 11.9 Å². The summed E-state index contributed by atoms with van der Waals surface area (Å²) >= 11 is 0. The standard InChI is InChI=1S/C18H26N2O3/c1-2-8-15(18(22)23)19-17(21)16-11-6-7-12-20(16)13-14-9-4-3-5-10-14/h3-5,9-10,15-16H,2,6-8,11-13H2,1H3,(H,19,21)(H,22,23).